The number of imidazole rings is 1. The average molecular weight is 428 g/mol. The highest BCUT2D eigenvalue weighted by atomic mass is 16.5. The van der Waals surface area contributed by atoms with E-state index in [4.69, 9.17) is 14.5 Å². The topological polar surface area (TPSA) is 64.9 Å². The summed E-state index contributed by atoms with van der Waals surface area (Å²) in [6, 6.07) is 17.5. The number of benzene rings is 2. The zero-order chi connectivity index (χ0) is 22.7. The van der Waals surface area contributed by atoms with Crippen molar-refractivity contribution in [3.8, 4) is 22.8 Å². The van der Waals surface area contributed by atoms with Gasteiger partial charge in [-0.1, -0.05) is 29.8 Å². The van der Waals surface area contributed by atoms with Gasteiger partial charge in [-0.15, -0.1) is 0 Å². The van der Waals surface area contributed by atoms with Gasteiger partial charge in [-0.2, -0.15) is 0 Å². The van der Waals surface area contributed by atoms with Gasteiger partial charge in [0.2, 0.25) is 5.91 Å². The molecule has 4 aromatic rings. The maximum Gasteiger partial charge on any atom is 0.248 e. The van der Waals surface area contributed by atoms with E-state index in [-0.39, 0.29) is 5.91 Å². The van der Waals surface area contributed by atoms with Crippen LogP contribution in [0.15, 0.2) is 66.9 Å². The molecule has 2 aromatic heterocycles. The summed E-state index contributed by atoms with van der Waals surface area (Å²) in [6.45, 7) is 4.08. The Bertz CT molecular complexity index is 1300. The first-order valence-corrected chi connectivity index (χ1v) is 10.3. The van der Waals surface area contributed by atoms with Crippen molar-refractivity contribution < 1.29 is 14.3 Å². The number of rotatable bonds is 6. The first-order chi connectivity index (χ1) is 15.5. The standard InChI is InChI=1S/C26H25N3O3/c1-17-5-7-19(8-6-17)26-22(29-14-13-18(2)15-24(29)28-26)11-12-25(30)27-21-10-9-20(31-3)16-23(21)32-4/h5-16H,1-4H3,(H,27,30)/b12-11+. The highest BCUT2D eigenvalue weighted by Crippen LogP contribution is 2.29. The van der Waals surface area contributed by atoms with E-state index < -0.39 is 0 Å². The predicted molar refractivity (Wildman–Crippen MR) is 127 cm³/mol. The molecule has 162 valence electrons. The lowest BCUT2D eigenvalue weighted by Gasteiger charge is -2.10. The molecule has 0 saturated carbocycles. The second kappa shape index (κ2) is 8.98. The Balaban J connectivity index is 1.68. The van der Waals surface area contributed by atoms with E-state index in [1.807, 2.05) is 41.8 Å². The summed E-state index contributed by atoms with van der Waals surface area (Å²) in [5.74, 6) is 0.904. The SMILES string of the molecule is COc1ccc(NC(=O)/C=C/c2c(-c3ccc(C)cc3)nc3cc(C)ccn23)c(OC)c1. The summed E-state index contributed by atoms with van der Waals surface area (Å²) < 4.78 is 12.6. The third-order valence-electron chi connectivity index (χ3n) is 5.20. The number of carbonyl (C=O) groups is 1. The minimum atomic E-state index is -0.273. The molecule has 0 saturated heterocycles. The number of fused-ring (bicyclic) bond motifs is 1. The molecule has 6 nitrogen and oxygen atoms in total. The number of methoxy groups -OCH3 is 2. The smallest absolute Gasteiger partial charge is 0.248 e. The lowest BCUT2D eigenvalue weighted by molar-refractivity contribution is -0.111. The Hall–Kier alpha value is -4.06. The number of nitrogens with one attached hydrogen (secondary N) is 1. The number of anilines is 1. The van der Waals surface area contributed by atoms with Crippen molar-refractivity contribution in [1.29, 1.82) is 0 Å². The summed E-state index contributed by atoms with van der Waals surface area (Å²) in [7, 11) is 3.13. The Morgan fingerprint density at radius 1 is 0.969 bits per heavy atom. The van der Waals surface area contributed by atoms with E-state index in [9.17, 15) is 4.79 Å². The molecule has 0 unspecified atom stereocenters. The van der Waals surface area contributed by atoms with Gasteiger partial charge < -0.3 is 14.8 Å². The molecule has 2 heterocycles. The second-order valence-corrected chi connectivity index (χ2v) is 7.53. The van der Waals surface area contributed by atoms with Gasteiger partial charge in [-0.25, -0.2) is 4.98 Å². The summed E-state index contributed by atoms with van der Waals surface area (Å²) in [5.41, 5.74) is 6.35. The van der Waals surface area contributed by atoms with Gasteiger partial charge in [0.25, 0.3) is 0 Å². The number of hydrogen-bond donors (Lipinski definition) is 1. The van der Waals surface area contributed by atoms with Crippen LogP contribution in [0.1, 0.15) is 16.8 Å². The van der Waals surface area contributed by atoms with Gasteiger partial charge in [0.05, 0.1) is 31.3 Å². The van der Waals surface area contributed by atoms with Crippen LogP contribution in [0.5, 0.6) is 11.5 Å². The Kier molecular flexibility index (Phi) is 5.94. The quantitative estimate of drug-likeness (QED) is 0.425. The number of hydrogen-bond acceptors (Lipinski definition) is 4. The zero-order valence-corrected chi connectivity index (χ0v) is 18.5. The lowest BCUT2D eigenvalue weighted by atomic mass is 10.1. The third kappa shape index (κ3) is 4.34. The van der Waals surface area contributed by atoms with E-state index in [0.29, 0.717) is 17.2 Å². The maximum absolute atomic E-state index is 12.7. The molecule has 2 aromatic carbocycles. The molecule has 32 heavy (non-hydrogen) atoms. The highest BCUT2D eigenvalue weighted by Gasteiger charge is 2.13. The van der Waals surface area contributed by atoms with E-state index >= 15 is 0 Å². The molecular formula is C26H25N3O3. The fourth-order valence-corrected chi connectivity index (χ4v) is 3.48. The lowest BCUT2D eigenvalue weighted by Crippen LogP contribution is -2.09. The van der Waals surface area contributed by atoms with Crippen molar-refractivity contribution in [1.82, 2.24) is 9.38 Å². The van der Waals surface area contributed by atoms with Crippen molar-refractivity contribution in [2.45, 2.75) is 13.8 Å². The molecule has 4 rings (SSSR count). The average Bonchev–Trinajstić information content (AvgIpc) is 3.15. The Labute approximate surface area is 187 Å². The van der Waals surface area contributed by atoms with Gasteiger partial charge in [-0.3, -0.25) is 9.20 Å². The van der Waals surface area contributed by atoms with Crippen molar-refractivity contribution in [3.05, 3.63) is 83.7 Å². The van der Waals surface area contributed by atoms with Crippen LogP contribution in [0.25, 0.3) is 23.0 Å². The van der Waals surface area contributed by atoms with Crippen LogP contribution in [-0.2, 0) is 4.79 Å². The fraction of sp³-hybridized carbons (Fsp3) is 0.154. The molecule has 1 N–H and O–H groups in total. The van der Waals surface area contributed by atoms with Gasteiger partial charge in [-0.05, 0) is 49.8 Å². The third-order valence-corrected chi connectivity index (χ3v) is 5.20. The Morgan fingerprint density at radius 3 is 2.47 bits per heavy atom. The van der Waals surface area contributed by atoms with Crippen LogP contribution < -0.4 is 14.8 Å². The molecule has 0 bridgehead atoms. The Morgan fingerprint density at radius 2 is 1.75 bits per heavy atom. The predicted octanol–water partition coefficient (Wildman–Crippen LogP) is 5.29. The maximum atomic E-state index is 12.7. The molecular weight excluding hydrogens is 402 g/mol. The van der Waals surface area contributed by atoms with Crippen molar-refractivity contribution in [2.24, 2.45) is 0 Å². The molecule has 1 amide bonds. The minimum Gasteiger partial charge on any atom is -0.497 e. The minimum absolute atomic E-state index is 0.273. The van der Waals surface area contributed by atoms with Gasteiger partial charge in [0.15, 0.2) is 0 Å². The van der Waals surface area contributed by atoms with Crippen molar-refractivity contribution in [3.63, 3.8) is 0 Å². The number of aromatic nitrogens is 2. The number of carbonyl (C=O) groups excluding carboxylic acids is 1. The van der Waals surface area contributed by atoms with Crippen molar-refractivity contribution >= 4 is 23.3 Å². The second-order valence-electron chi connectivity index (χ2n) is 7.53. The van der Waals surface area contributed by atoms with Crippen molar-refractivity contribution in [2.75, 3.05) is 19.5 Å². The van der Waals surface area contributed by atoms with E-state index in [0.717, 1.165) is 28.2 Å². The number of aryl methyl sites for hydroxylation is 2. The summed E-state index contributed by atoms with van der Waals surface area (Å²) >= 11 is 0. The summed E-state index contributed by atoms with van der Waals surface area (Å²) in [6.07, 6.45) is 5.26. The molecule has 0 atom stereocenters. The van der Waals surface area contributed by atoms with Crippen LogP contribution in [0.3, 0.4) is 0 Å². The number of pyridine rings is 1. The molecule has 0 aliphatic rings. The van der Waals surface area contributed by atoms with Gasteiger partial charge >= 0.3 is 0 Å². The number of ether oxygens (including phenoxy) is 2. The van der Waals surface area contributed by atoms with Gasteiger partial charge in [0, 0.05) is 23.9 Å². The van der Waals surface area contributed by atoms with E-state index in [2.05, 4.69) is 24.4 Å². The van der Waals surface area contributed by atoms with E-state index in [1.165, 1.54) is 11.6 Å². The first-order valence-electron chi connectivity index (χ1n) is 10.3. The normalized spacial score (nSPS) is 11.1. The monoisotopic (exact) mass is 427 g/mol. The van der Waals surface area contributed by atoms with Crippen LogP contribution in [0.2, 0.25) is 0 Å². The molecule has 0 aliphatic carbocycles. The first kappa shape index (κ1) is 21.2. The summed E-state index contributed by atoms with van der Waals surface area (Å²) in [4.78, 5) is 17.5. The fourth-order valence-electron chi connectivity index (χ4n) is 3.48. The number of amides is 1. The molecule has 0 aliphatic heterocycles. The number of nitrogens with zero attached hydrogens (tertiary/aromatic N) is 2. The zero-order valence-electron chi connectivity index (χ0n) is 18.5. The van der Waals surface area contributed by atoms with Crippen LogP contribution >= 0.6 is 0 Å². The molecule has 0 fully saturated rings. The largest absolute Gasteiger partial charge is 0.497 e. The van der Waals surface area contributed by atoms with Crippen LogP contribution in [-0.4, -0.2) is 29.5 Å². The van der Waals surface area contributed by atoms with Gasteiger partial charge in [0.1, 0.15) is 17.1 Å². The molecule has 0 spiro atoms. The van der Waals surface area contributed by atoms with E-state index in [1.54, 1.807) is 38.5 Å². The molecule has 6 heteroatoms. The van der Waals surface area contributed by atoms with Crippen LogP contribution in [0, 0.1) is 13.8 Å². The molecule has 0 radical (unpaired) electrons. The highest BCUT2D eigenvalue weighted by molar-refractivity contribution is 6.03. The summed E-state index contributed by atoms with van der Waals surface area (Å²) in [5, 5.41) is 2.86. The van der Waals surface area contributed by atoms with Crippen LogP contribution in [0.4, 0.5) is 5.69 Å².